The van der Waals surface area contributed by atoms with Crippen molar-refractivity contribution >= 4 is 27.5 Å². The number of hydrogen-bond donors (Lipinski definition) is 3. The maximum atomic E-state index is 12.1. The summed E-state index contributed by atoms with van der Waals surface area (Å²) in [6, 6.07) is 7.83. The Morgan fingerprint density at radius 2 is 2.26 bits per heavy atom. The third-order valence-corrected chi connectivity index (χ3v) is 3.64. The molecule has 0 bridgehead atoms. The fraction of sp³-hybridized carbons (Fsp3) is 0.500. The van der Waals surface area contributed by atoms with Crippen molar-refractivity contribution in [1.29, 1.82) is 0 Å². The Balaban J connectivity index is 1.88. The smallest absolute Gasteiger partial charge is 0.242 e. The number of hydrazine groups is 1. The van der Waals surface area contributed by atoms with E-state index in [1.165, 1.54) is 0 Å². The Morgan fingerprint density at radius 1 is 1.47 bits per heavy atom. The molecule has 0 saturated carbocycles. The molecule has 2 atom stereocenters. The molecule has 104 valence electrons. The first kappa shape index (κ1) is 14.5. The minimum absolute atomic E-state index is 0.0110. The number of hydrogen-bond acceptors (Lipinski definition) is 3. The summed E-state index contributed by atoms with van der Waals surface area (Å²) >= 11 is 3.39. The number of carbonyl (C=O) groups excluding carboxylic acids is 1. The van der Waals surface area contributed by atoms with Crippen LogP contribution in [0.2, 0.25) is 0 Å². The standard InChI is InChI=1S/C14H20BrN3O/c1-9(2)6-12-8-13(18-17-12)14(19)16-11-5-3-4-10(15)7-11/h3-5,7,9,12-13,17-18H,6,8H2,1-2H3,(H,16,19). The first-order valence-corrected chi connectivity index (χ1v) is 7.41. The van der Waals surface area contributed by atoms with Gasteiger partial charge in [-0.05, 0) is 37.0 Å². The van der Waals surface area contributed by atoms with E-state index in [1.54, 1.807) is 0 Å². The number of amides is 1. The monoisotopic (exact) mass is 325 g/mol. The summed E-state index contributed by atoms with van der Waals surface area (Å²) in [6.07, 6.45) is 1.91. The molecule has 0 aromatic heterocycles. The number of anilines is 1. The van der Waals surface area contributed by atoms with Gasteiger partial charge in [-0.15, -0.1) is 0 Å². The van der Waals surface area contributed by atoms with Gasteiger partial charge in [-0.25, -0.2) is 5.43 Å². The van der Waals surface area contributed by atoms with E-state index in [-0.39, 0.29) is 11.9 Å². The lowest BCUT2D eigenvalue weighted by atomic mass is 10.00. The fourth-order valence-electron chi connectivity index (χ4n) is 2.31. The lowest BCUT2D eigenvalue weighted by Gasteiger charge is -2.12. The van der Waals surface area contributed by atoms with E-state index in [4.69, 9.17) is 0 Å². The lowest BCUT2D eigenvalue weighted by Crippen LogP contribution is -2.40. The summed E-state index contributed by atoms with van der Waals surface area (Å²) in [4.78, 5) is 12.1. The zero-order valence-corrected chi connectivity index (χ0v) is 12.8. The van der Waals surface area contributed by atoms with Gasteiger partial charge < -0.3 is 5.32 Å². The van der Waals surface area contributed by atoms with Gasteiger partial charge in [0, 0.05) is 16.2 Å². The molecule has 0 aliphatic carbocycles. The summed E-state index contributed by atoms with van der Waals surface area (Å²) in [5.74, 6) is 0.642. The highest BCUT2D eigenvalue weighted by Crippen LogP contribution is 2.18. The Morgan fingerprint density at radius 3 is 2.95 bits per heavy atom. The molecule has 2 unspecified atom stereocenters. The predicted molar refractivity (Wildman–Crippen MR) is 80.7 cm³/mol. The molecule has 1 saturated heterocycles. The van der Waals surface area contributed by atoms with E-state index in [1.807, 2.05) is 24.3 Å². The zero-order valence-electron chi connectivity index (χ0n) is 11.2. The van der Waals surface area contributed by atoms with Crippen molar-refractivity contribution < 1.29 is 4.79 Å². The van der Waals surface area contributed by atoms with Crippen LogP contribution in [0.4, 0.5) is 5.69 Å². The van der Waals surface area contributed by atoms with E-state index in [9.17, 15) is 4.79 Å². The van der Waals surface area contributed by atoms with Gasteiger partial charge in [0.05, 0.1) is 0 Å². The van der Waals surface area contributed by atoms with Gasteiger partial charge in [0.1, 0.15) is 6.04 Å². The van der Waals surface area contributed by atoms with Gasteiger partial charge in [0.15, 0.2) is 0 Å². The molecular weight excluding hydrogens is 306 g/mol. The third-order valence-electron chi connectivity index (χ3n) is 3.15. The Labute approximate surface area is 122 Å². The van der Waals surface area contributed by atoms with E-state index in [0.29, 0.717) is 12.0 Å². The SMILES string of the molecule is CC(C)CC1CC(C(=O)Nc2cccc(Br)c2)NN1. The topological polar surface area (TPSA) is 53.2 Å². The van der Waals surface area contributed by atoms with Crippen LogP contribution in [-0.4, -0.2) is 18.0 Å². The molecule has 2 rings (SSSR count). The normalized spacial score (nSPS) is 22.7. The summed E-state index contributed by atoms with van der Waals surface area (Å²) in [5, 5.41) is 2.93. The molecule has 19 heavy (non-hydrogen) atoms. The predicted octanol–water partition coefficient (Wildman–Crippen LogP) is 2.67. The van der Waals surface area contributed by atoms with E-state index in [2.05, 4.69) is 45.9 Å². The van der Waals surface area contributed by atoms with Crippen LogP contribution in [0.1, 0.15) is 26.7 Å². The van der Waals surface area contributed by atoms with E-state index < -0.39 is 0 Å². The van der Waals surface area contributed by atoms with Crippen molar-refractivity contribution in [2.45, 2.75) is 38.8 Å². The number of nitrogens with one attached hydrogen (secondary N) is 3. The highest BCUT2D eigenvalue weighted by atomic mass is 79.9. The highest BCUT2D eigenvalue weighted by Gasteiger charge is 2.29. The summed E-state index contributed by atoms with van der Waals surface area (Å²) in [5.41, 5.74) is 7.08. The third kappa shape index (κ3) is 4.30. The Kier molecular flexibility index (Phi) is 4.96. The van der Waals surface area contributed by atoms with Crippen LogP contribution in [0.25, 0.3) is 0 Å². The average molecular weight is 326 g/mol. The number of carbonyl (C=O) groups is 1. The summed E-state index contributed by atoms with van der Waals surface area (Å²) < 4.78 is 0.959. The maximum absolute atomic E-state index is 12.1. The lowest BCUT2D eigenvalue weighted by molar-refractivity contribution is -0.117. The van der Waals surface area contributed by atoms with Crippen molar-refractivity contribution in [2.75, 3.05) is 5.32 Å². The first-order valence-electron chi connectivity index (χ1n) is 6.62. The van der Waals surface area contributed by atoms with E-state index in [0.717, 1.165) is 23.0 Å². The van der Waals surface area contributed by atoms with Crippen LogP contribution in [0, 0.1) is 5.92 Å². The van der Waals surface area contributed by atoms with Crippen LogP contribution in [-0.2, 0) is 4.79 Å². The van der Waals surface area contributed by atoms with Crippen molar-refractivity contribution in [2.24, 2.45) is 5.92 Å². The molecule has 1 aliphatic rings. The fourth-order valence-corrected chi connectivity index (χ4v) is 2.71. The van der Waals surface area contributed by atoms with Crippen molar-refractivity contribution in [1.82, 2.24) is 10.9 Å². The van der Waals surface area contributed by atoms with Gasteiger partial charge in [-0.3, -0.25) is 10.2 Å². The Bertz CT molecular complexity index is 450. The molecule has 1 amide bonds. The molecule has 1 heterocycles. The maximum Gasteiger partial charge on any atom is 0.242 e. The highest BCUT2D eigenvalue weighted by molar-refractivity contribution is 9.10. The van der Waals surface area contributed by atoms with Crippen LogP contribution in [0.3, 0.4) is 0 Å². The van der Waals surface area contributed by atoms with Gasteiger partial charge >= 0.3 is 0 Å². The number of halogens is 1. The van der Waals surface area contributed by atoms with Gasteiger partial charge in [0.25, 0.3) is 0 Å². The first-order chi connectivity index (χ1) is 9.04. The molecule has 4 nitrogen and oxygen atoms in total. The molecule has 1 fully saturated rings. The zero-order chi connectivity index (χ0) is 13.8. The van der Waals surface area contributed by atoms with Crippen LogP contribution < -0.4 is 16.2 Å². The van der Waals surface area contributed by atoms with Crippen molar-refractivity contribution in [3.05, 3.63) is 28.7 Å². The Hall–Kier alpha value is -0.910. The second-order valence-electron chi connectivity index (χ2n) is 5.40. The van der Waals surface area contributed by atoms with E-state index >= 15 is 0 Å². The molecule has 5 heteroatoms. The molecule has 1 aromatic rings. The largest absolute Gasteiger partial charge is 0.325 e. The van der Waals surface area contributed by atoms with Gasteiger partial charge in [-0.2, -0.15) is 0 Å². The summed E-state index contributed by atoms with van der Waals surface area (Å²) in [7, 11) is 0. The van der Waals surface area contributed by atoms with Crippen LogP contribution in [0.15, 0.2) is 28.7 Å². The van der Waals surface area contributed by atoms with Gasteiger partial charge in [-0.1, -0.05) is 35.8 Å². The minimum Gasteiger partial charge on any atom is -0.325 e. The average Bonchev–Trinajstić information content (AvgIpc) is 2.76. The molecule has 1 aromatic carbocycles. The molecule has 0 radical (unpaired) electrons. The van der Waals surface area contributed by atoms with Crippen molar-refractivity contribution in [3.8, 4) is 0 Å². The van der Waals surface area contributed by atoms with Crippen molar-refractivity contribution in [3.63, 3.8) is 0 Å². The summed E-state index contributed by atoms with van der Waals surface area (Å²) in [6.45, 7) is 4.38. The van der Waals surface area contributed by atoms with Crippen LogP contribution >= 0.6 is 15.9 Å². The van der Waals surface area contributed by atoms with Crippen LogP contribution in [0.5, 0.6) is 0 Å². The molecule has 0 spiro atoms. The second-order valence-corrected chi connectivity index (χ2v) is 6.32. The number of rotatable bonds is 4. The number of benzene rings is 1. The minimum atomic E-state index is -0.164. The second kappa shape index (κ2) is 6.50. The molecule has 1 aliphatic heterocycles. The molecule has 3 N–H and O–H groups in total. The van der Waals surface area contributed by atoms with Gasteiger partial charge in [0.2, 0.25) is 5.91 Å². The quantitative estimate of drug-likeness (QED) is 0.797. The molecular formula is C14H20BrN3O.